The lowest BCUT2D eigenvalue weighted by Gasteiger charge is -2.44. The smallest absolute Gasteiger partial charge is 0.109 e. The fourth-order valence-electron chi connectivity index (χ4n) is 13.5. The van der Waals surface area contributed by atoms with Crippen LogP contribution in [0.15, 0.2) is 40.3 Å². The average Bonchev–Trinajstić information content (AvgIpc) is 3.64. The van der Waals surface area contributed by atoms with Crippen LogP contribution >= 0.6 is 278 Å². The molecule has 0 saturated heterocycles. The van der Waals surface area contributed by atoms with Gasteiger partial charge in [-0.1, -0.05) is 186 Å². The number of rotatable bonds is 0. The molecule has 0 amide bonds. The summed E-state index contributed by atoms with van der Waals surface area (Å²) in [5.41, 5.74) is 0. The number of hydrogen-bond donors (Lipinski definition) is 0. The molecule has 8 bridgehead atoms. The lowest BCUT2D eigenvalue weighted by Crippen LogP contribution is -2.45. The van der Waals surface area contributed by atoms with Crippen LogP contribution in [0.1, 0.15) is 51.4 Å². The molecule has 0 aromatic rings. The molecule has 6 fully saturated rings. The largest absolute Gasteiger partial charge is 0.166 e. The molecule has 0 N–H and O–H groups in total. The third-order valence-corrected chi connectivity index (χ3v) is 33.6. The first kappa shape index (κ1) is 50.8. The minimum absolute atomic E-state index is 0.191. The molecule has 0 aromatic carbocycles. The minimum atomic E-state index is -1.58. The van der Waals surface area contributed by atoms with Crippen LogP contribution in [0.5, 0.6) is 0 Å². The van der Waals surface area contributed by atoms with Crippen molar-refractivity contribution in [2.45, 2.75) is 108 Å². The highest BCUT2D eigenvalue weighted by atomic mass is 35.6. The molecule has 0 heterocycles. The molecule has 0 radical (unpaired) electrons. The van der Waals surface area contributed by atoms with Crippen LogP contribution in [-0.4, -0.2) is 56.3 Å². The molecule has 60 heavy (non-hydrogen) atoms. The summed E-state index contributed by atoms with van der Waals surface area (Å²) in [5.74, 6) is -1.95. The fraction of sp³-hybridized carbons (Fsp3) is 0.778. The first-order valence-electron chi connectivity index (χ1n) is 18.4. The maximum Gasteiger partial charge on any atom is 0.166 e. The molecule has 0 nitrogen and oxygen atoms in total. The summed E-state index contributed by atoms with van der Waals surface area (Å²) >= 11 is 163. The Morgan fingerprint density at radius 3 is 0.367 bits per heavy atom. The summed E-state index contributed by atoms with van der Waals surface area (Å²) in [6.07, 6.45) is 4.43. The third-order valence-electron chi connectivity index (χ3n) is 16.2. The van der Waals surface area contributed by atoms with Crippen molar-refractivity contribution in [3.05, 3.63) is 40.3 Å². The highest BCUT2D eigenvalue weighted by Crippen LogP contribution is 2.84. The summed E-state index contributed by atoms with van der Waals surface area (Å²) in [4.78, 5) is -10.6. The zero-order chi connectivity index (χ0) is 44.9. The van der Waals surface area contributed by atoms with Gasteiger partial charge in [-0.3, -0.25) is 0 Å². The van der Waals surface area contributed by atoms with E-state index in [4.69, 9.17) is 278 Å². The number of halogens is 24. The van der Waals surface area contributed by atoms with Gasteiger partial charge in [0.05, 0.1) is 40.3 Å². The second-order valence-electron chi connectivity index (χ2n) is 17.7. The number of alkyl halides is 16. The highest BCUT2D eigenvalue weighted by molar-refractivity contribution is 6.69. The van der Waals surface area contributed by atoms with E-state index in [9.17, 15) is 0 Å². The summed E-state index contributed by atoms with van der Waals surface area (Å²) in [6, 6.07) is 0. The Bertz CT molecular complexity index is 1710. The Morgan fingerprint density at radius 1 is 0.200 bits per heavy atom. The Hall–Kier alpha value is 5.92. The van der Waals surface area contributed by atoms with E-state index in [1.165, 1.54) is 0 Å². The molecule has 10 aliphatic carbocycles. The van der Waals surface area contributed by atoms with Crippen LogP contribution in [0, 0.1) is 47.3 Å². The molecule has 6 saturated carbocycles. The van der Waals surface area contributed by atoms with Crippen molar-refractivity contribution in [2.24, 2.45) is 47.3 Å². The van der Waals surface area contributed by atoms with E-state index in [1.54, 1.807) is 0 Å². The van der Waals surface area contributed by atoms with Gasteiger partial charge < -0.3 is 0 Å². The quantitative estimate of drug-likeness (QED) is 0.212. The van der Waals surface area contributed by atoms with Crippen LogP contribution in [0.3, 0.4) is 0 Å². The Labute approximate surface area is 467 Å². The van der Waals surface area contributed by atoms with Crippen molar-refractivity contribution in [2.75, 3.05) is 0 Å². The maximum absolute atomic E-state index is 7.02. The Morgan fingerprint density at radius 2 is 0.283 bits per heavy atom. The summed E-state index contributed by atoms with van der Waals surface area (Å²) in [7, 11) is 0. The van der Waals surface area contributed by atoms with Gasteiger partial charge in [-0.2, -0.15) is 0 Å². The van der Waals surface area contributed by atoms with Crippen molar-refractivity contribution < 1.29 is 0 Å². The van der Waals surface area contributed by atoms with Crippen LogP contribution in [0.4, 0.5) is 0 Å². The standard InChI is InChI=1S/2C18H12Cl12/c2*19-9-10(20)15(25)7-3-4-8-6(2-1-5(7)13(9,23)17(15,27)28)14(24)11(21)12(22)16(8,26)18(14,29)30/h2*5-8H,1-4H2/t2*5-,6-,7+,8+,13-,14-,15+,16+. The highest BCUT2D eigenvalue weighted by Gasteiger charge is 2.87. The molecule has 0 unspecified atom stereocenters. The topological polar surface area (TPSA) is 0 Å². The number of hydrogen-bond acceptors (Lipinski definition) is 0. The third kappa shape index (κ3) is 4.96. The van der Waals surface area contributed by atoms with Crippen LogP contribution in [-0.2, 0) is 0 Å². The molecule has 16 atom stereocenters. The van der Waals surface area contributed by atoms with Gasteiger partial charge in [0.2, 0.25) is 0 Å². The van der Waals surface area contributed by atoms with Crippen molar-refractivity contribution in [3.8, 4) is 0 Å². The van der Waals surface area contributed by atoms with Crippen LogP contribution in [0.2, 0.25) is 0 Å². The van der Waals surface area contributed by atoms with E-state index < -0.39 is 56.3 Å². The van der Waals surface area contributed by atoms with E-state index >= 15 is 0 Å². The first-order chi connectivity index (χ1) is 27.2. The summed E-state index contributed by atoms with van der Waals surface area (Å²) < 4.78 is -6.34. The second-order valence-corrected chi connectivity index (χ2v) is 30.8. The van der Waals surface area contributed by atoms with E-state index in [0.717, 1.165) is 0 Å². The molecule has 0 aromatic heterocycles. The van der Waals surface area contributed by atoms with Crippen LogP contribution in [0.25, 0.3) is 0 Å². The fourth-order valence-corrected chi connectivity index (χ4v) is 26.1. The van der Waals surface area contributed by atoms with Gasteiger partial charge in [-0.15, -0.1) is 92.8 Å². The zero-order valence-corrected chi connectivity index (χ0v) is 47.5. The predicted molar refractivity (Wildman–Crippen MR) is 266 cm³/mol. The average molecular weight is 1310 g/mol. The summed E-state index contributed by atoms with van der Waals surface area (Å²) in [6.45, 7) is 0. The molecule has 0 aliphatic heterocycles. The zero-order valence-electron chi connectivity index (χ0n) is 29.3. The maximum atomic E-state index is 7.02. The molecule has 0 spiro atoms. The van der Waals surface area contributed by atoms with Crippen molar-refractivity contribution in [1.82, 2.24) is 0 Å². The van der Waals surface area contributed by atoms with E-state index in [1.807, 2.05) is 0 Å². The predicted octanol–water partition coefficient (Wildman–Crippen LogP) is 19.4. The van der Waals surface area contributed by atoms with Gasteiger partial charge in [0.15, 0.2) is 17.3 Å². The van der Waals surface area contributed by atoms with Crippen molar-refractivity contribution in [3.63, 3.8) is 0 Å². The van der Waals surface area contributed by atoms with Gasteiger partial charge in [-0.25, -0.2) is 0 Å². The lowest BCUT2D eigenvalue weighted by atomic mass is 9.67. The van der Waals surface area contributed by atoms with Crippen molar-refractivity contribution >= 4 is 278 Å². The van der Waals surface area contributed by atoms with Gasteiger partial charge in [0.1, 0.15) is 39.0 Å². The molecular weight excluding hydrogens is 1280 g/mol. The monoisotopic (exact) mass is 1300 g/mol. The Kier molecular flexibility index (Phi) is 12.5. The minimum Gasteiger partial charge on any atom is -0.109 e. The molecule has 10 aliphatic rings. The van der Waals surface area contributed by atoms with E-state index in [0.29, 0.717) is 51.4 Å². The SMILES string of the molecule is ClC1=C(Cl)[C@]2(Cl)[C@@H]3CC[C@@H]4[C@H](CC[C@@H]3[C@@]1(Cl)C2(Cl)Cl)[C@]1(Cl)C(Cl)=C(Cl)[C@@]4(Cl)C1(Cl)Cl.ClC1=C(Cl)[C@]2(Cl)[C@@H]3CC[C@@H]4[C@H](CC[C@@H]3[C@@]1(Cl)C2(Cl)Cl)[C@]1(Cl)C(Cl)=C(Cl)[C@@]4(Cl)C1(Cl)Cl. The first-order valence-corrected chi connectivity index (χ1v) is 27.5. The van der Waals surface area contributed by atoms with E-state index in [2.05, 4.69) is 0 Å². The van der Waals surface area contributed by atoms with E-state index in [-0.39, 0.29) is 87.6 Å². The van der Waals surface area contributed by atoms with Gasteiger partial charge in [0.25, 0.3) is 0 Å². The molecule has 24 heteroatoms. The summed E-state index contributed by atoms with van der Waals surface area (Å²) in [5, 5.41) is 1.53. The molecule has 10 rings (SSSR count). The van der Waals surface area contributed by atoms with Gasteiger partial charge in [-0.05, 0) is 98.7 Å². The van der Waals surface area contributed by atoms with Crippen LogP contribution < -0.4 is 0 Å². The van der Waals surface area contributed by atoms with Crippen molar-refractivity contribution in [1.29, 1.82) is 0 Å². The molecule has 336 valence electrons. The number of fused-ring (bicyclic) bond motifs is 20. The number of allylic oxidation sites excluding steroid dienone is 8. The lowest BCUT2D eigenvalue weighted by molar-refractivity contribution is 0.175. The second kappa shape index (κ2) is 14.8. The Balaban J connectivity index is 0.000000154. The molecular formula is C36H24Cl24. The normalized spacial score (nSPS) is 55.6. The van der Waals surface area contributed by atoms with Gasteiger partial charge in [0, 0.05) is 0 Å². The van der Waals surface area contributed by atoms with Gasteiger partial charge >= 0.3 is 0 Å².